The van der Waals surface area contributed by atoms with E-state index >= 15 is 0 Å². The third-order valence-corrected chi connectivity index (χ3v) is 5.12. The van der Waals surface area contributed by atoms with E-state index < -0.39 is 17.7 Å². The van der Waals surface area contributed by atoms with Crippen molar-refractivity contribution in [2.24, 2.45) is 0 Å². The van der Waals surface area contributed by atoms with Crippen LogP contribution in [0.1, 0.15) is 58.9 Å². The molecule has 0 saturated carbocycles. The zero-order valence-electron chi connectivity index (χ0n) is 21.3. The number of carbonyl (C=O) groups excluding carboxylic acids is 2. The number of carbonyl (C=O) groups is 2. The van der Waals surface area contributed by atoms with Gasteiger partial charge in [-0.05, 0) is 58.2 Å². The normalized spacial score (nSPS) is 14.9. The highest BCUT2D eigenvalue weighted by Gasteiger charge is 2.18. The molecule has 35 heavy (non-hydrogen) atoms. The summed E-state index contributed by atoms with van der Waals surface area (Å²) in [5, 5.41) is 16.9. The molecule has 1 aromatic rings. The molecule has 10 heteroatoms. The number of alkyl carbamates (subject to hydrolysis) is 1. The van der Waals surface area contributed by atoms with Gasteiger partial charge in [0.1, 0.15) is 11.6 Å². The third-order valence-electron chi connectivity index (χ3n) is 5.12. The number of rotatable bonds is 12. The van der Waals surface area contributed by atoms with Gasteiger partial charge >= 0.3 is 6.09 Å². The molecule has 0 spiro atoms. The van der Waals surface area contributed by atoms with Crippen molar-refractivity contribution in [2.45, 2.75) is 77.5 Å². The number of methoxy groups -OCH3 is 1. The first kappa shape index (κ1) is 28.0. The molecule has 0 aliphatic carbocycles. The Morgan fingerprint density at radius 3 is 2.51 bits per heavy atom. The lowest BCUT2D eigenvalue weighted by atomic mass is 10.1. The van der Waals surface area contributed by atoms with E-state index in [1.165, 1.54) is 0 Å². The molecule has 0 saturated heterocycles. The largest absolute Gasteiger partial charge is 0.444 e. The molecule has 1 aromatic carbocycles. The Balaban J connectivity index is 1.70. The van der Waals surface area contributed by atoms with Gasteiger partial charge in [0.2, 0.25) is 5.91 Å². The molecule has 2 atom stereocenters. The summed E-state index contributed by atoms with van der Waals surface area (Å²) in [7, 11) is 1.64. The standard InChI is InChI=1S/C25H38N6O4/c1-18(27-24(33)35-25(2,3)4)8-6-7-9-23(32)28-20(15-26)14-19-10-12-22(13-11-19)31-16-21(17-34-5)29-30-31/h10-13,16,18,20,29-30H,6-9,14,17H2,1-5H3,(H,27,33)(H,28,32)/t18-,20?/m0/s1. The van der Waals surface area contributed by atoms with Crippen LogP contribution in [0.15, 0.2) is 36.2 Å². The number of hydrazine groups is 2. The van der Waals surface area contributed by atoms with Gasteiger partial charge in [-0.1, -0.05) is 18.6 Å². The van der Waals surface area contributed by atoms with E-state index in [1.54, 1.807) is 7.11 Å². The van der Waals surface area contributed by atoms with Crippen molar-refractivity contribution in [3.63, 3.8) is 0 Å². The first-order valence-corrected chi connectivity index (χ1v) is 11.9. The summed E-state index contributed by atoms with van der Waals surface area (Å²) in [6, 6.07) is 9.29. The zero-order valence-corrected chi connectivity index (χ0v) is 21.3. The van der Waals surface area contributed by atoms with Gasteiger partial charge in [-0.25, -0.2) is 4.79 Å². The van der Waals surface area contributed by atoms with Gasteiger partial charge < -0.3 is 25.5 Å². The summed E-state index contributed by atoms with van der Waals surface area (Å²) in [4.78, 5) is 24.1. The highest BCUT2D eigenvalue weighted by atomic mass is 16.6. The van der Waals surface area contributed by atoms with E-state index in [4.69, 9.17) is 9.47 Å². The third kappa shape index (κ3) is 10.7. The highest BCUT2D eigenvalue weighted by molar-refractivity contribution is 5.76. The van der Waals surface area contributed by atoms with Crippen molar-refractivity contribution in [3.05, 3.63) is 41.7 Å². The Kier molecular flexibility index (Phi) is 10.8. The Labute approximate surface area is 208 Å². The van der Waals surface area contributed by atoms with Crippen molar-refractivity contribution in [1.29, 1.82) is 5.26 Å². The first-order valence-electron chi connectivity index (χ1n) is 11.9. The zero-order chi connectivity index (χ0) is 25.8. The quantitative estimate of drug-likeness (QED) is 0.332. The molecule has 192 valence electrons. The van der Waals surface area contributed by atoms with Crippen molar-refractivity contribution in [2.75, 3.05) is 18.7 Å². The number of anilines is 1. The smallest absolute Gasteiger partial charge is 0.407 e. The van der Waals surface area contributed by atoms with Crippen molar-refractivity contribution < 1.29 is 19.1 Å². The highest BCUT2D eigenvalue weighted by Crippen LogP contribution is 2.17. The average molecular weight is 487 g/mol. The van der Waals surface area contributed by atoms with Crippen LogP contribution in [0.4, 0.5) is 10.5 Å². The maximum atomic E-state index is 12.3. The first-order chi connectivity index (χ1) is 16.6. The van der Waals surface area contributed by atoms with Crippen LogP contribution in [0.5, 0.6) is 0 Å². The molecule has 4 N–H and O–H groups in total. The molecule has 1 heterocycles. The van der Waals surface area contributed by atoms with Crippen molar-refractivity contribution in [3.8, 4) is 6.07 Å². The molecule has 2 amide bonds. The number of hydrogen-bond donors (Lipinski definition) is 4. The predicted molar refractivity (Wildman–Crippen MR) is 134 cm³/mol. The Hall–Kier alpha value is -3.29. The number of unbranched alkanes of at least 4 members (excludes halogenated alkanes) is 1. The van der Waals surface area contributed by atoms with Gasteiger partial charge in [0.15, 0.2) is 0 Å². The maximum Gasteiger partial charge on any atom is 0.407 e. The summed E-state index contributed by atoms with van der Waals surface area (Å²) >= 11 is 0. The SMILES string of the molecule is COCC1=CN(c2ccc(CC(C#N)NC(=O)CCCC[C@H](C)NC(=O)OC(C)(C)C)cc2)NN1. The number of nitrogens with zero attached hydrogens (tertiary/aromatic N) is 2. The topological polar surface area (TPSA) is 128 Å². The summed E-state index contributed by atoms with van der Waals surface area (Å²) in [5.74, 6) is -0.149. The second-order valence-electron chi connectivity index (χ2n) is 9.61. The molecule has 1 aliphatic heterocycles. The lowest BCUT2D eigenvalue weighted by Crippen LogP contribution is -2.37. The lowest BCUT2D eigenvalue weighted by Gasteiger charge is -2.22. The van der Waals surface area contributed by atoms with E-state index in [1.807, 2.05) is 63.2 Å². The van der Waals surface area contributed by atoms with Gasteiger partial charge in [0, 0.05) is 32.2 Å². The minimum absolute atomic E-state index is 0.0451. The average Bonchev–Trinajstić information content (AvgIpc) is 3.24. The van der Waals surface area contributed by atoms with E-state index in [0.29, 0.717) is 25.9 Å². The van der Waals surface area contributed by atoms with E-state index in [-0.39, 0.29) is 11.9 Å². The maximum absolute atomic E-state index is 12.3. The van der Waals surface area contributed by atoms with Crippen LogP contribution in [0.2, 0.25) is 0 Å². The monoisotopic (exact) mass is 486 g/mol. The van der Waals surface area contributed by atoms with Crippen molar-refractivity contribution in [1.82, 2.24) is 21.6 Å². The molecule has 1 aliphatic rings. The molecular formula is C25H38N6O4. The second-order valence-corrected chi connectivity index (χ2v) is 9.61. The van der Waals surface area contributed by atoms with E-state index in [0.717, 1.165) is 29.8 Å². The number of benzene rings is 1. The minimum Gasteiger partial charge on any atom is -0.444 e. The number of nitriles is 1. The summed E-state index contributed by atoms with van der Waals surface area (Å²) < 4.78 is 10.3. The predicted octanol–water partition coefficient (Wildman–Crippen LogP) is 3.03. The summed E-state index contributed by atoms with van der Waals surface area (Å²) in [5.41, 5.74) is 8.32. The number of nitrogens with one attached hydrogen (secondary N) is 4. The Morgan fingerprint density at radius 1 is 1.17 bits per heavy atom. The Morgan fingerprint density at radius 2 is 1.89 bits per heavy atom. The van der Waals surface area contributed by atoms with Crippen molar-refractivity contribution >= 4 is 17.7 Å². The molecule has 0 bridgehead atoms. The number of hydrogen-bond acceptors (Lipinski definition) is 8. The lowest BCUT2D eigenvalue weighted by molar-refractivity contribution is -0.121. The van der Waals surface area contributed by atoms with Gasteiger partial charge in [0.25, 0.3) is 0 Å². The van der Waals surface area contributed by atoms with Gasteiger partial charge in [-0.3, -0.25) is 9.80 Å². The minimum atomic E-state index is -0.596. The van der Waals surface area contributed by atoms with E-state index in [9.17, 15) is 14.9 Å². The van der Waals surface area contributed by atoms with Crippen LogP contribution >= 0.6 is 0 Å². The van der Waals surface area contributed by atoms with Gasteiger partial charge in [-0.2, -0.15) is 5.26 Å². The molecular weight excluding hydrogens is 448 g/mol. The van der Waals surface area contributed by atoms with Gasteiger partial charge in [0.05, 0.1) is 24.1 Å². The fraction of sp³-hybridized carbons (Fsp3) is 0.560. The van der Waals surface area contributed by atoms with Crippen LogP contribution in [0, 0.1) is 11.3 Å². The fourth-order valence-corrected chi connectivity index (χ4v) is 3.46. The number of ether oxygens (including phenoxy) is 2. The summed E-state index contributed by atoms with van der Waals surface area (Å²) in [6.45, 7) is 7.85. The Bertz CT molecular complexity index is 904. The van der Waals surface area contributed by atoms with E-state index in [2.05, 4.69) is 27.7 Å². The van der Waals surface area contributed by atoms with Crippen LogP contribution in [-0.2, 0) is 20.7 Å². The second kappa shape index (κ2) is 13.6. The molecule has 1 unspecified atom stereocenters. The molecule has 10 nitrogen and oxygen atoms in total. The number of amides is 2. The summed E-state index contributed by atoms with van der Waals surface area (Å²) in [6.07, 6.45) is 4.43. The van der Waals surface area contributed by atoms with Gasteiger partial charge in [-0.15, -0.1) is 5.53 Å². The molecule has 2 rings (SSSR count). The molecule has 0 radical (unpaired) electrons. The molecule has 0 fully saturated rings. The van der Waals surface area contributed by atoms with Crippen LogP contribution in [0.3, 0.4) is 0 Å². The van der Waals surface area contributed by atoms with Crippen LogP contribution < -0.4 is 26.6 Å². The van der Waals surface area contributed by atoms with Crippen LogP contribution in [0.25, 0.3) is 0 Å². The van der Waals surface area contributed by atoms with Crippen LogP contribution in [-0.4, -0.2) is 43.4 Å². The fourth-order valence-electron chi connectivity index (χ4n) is 3.46. The molecule has 0 aromatic heterocycles.